The van der Waals surface area contributed by atoms with Crippen LogP contribution in [0.25, 0.3) is 77.7 Å². The molecule has 1 aliphatic rings. The fraction of sp³-hybridized carbons (Fsp3) is 0.0455. The molecule has 2 heterocycles. The molecule has 1 aromatic heterocycles. The Morgan fingerprint density at radius 3 is 1.43 bits per heavy atom. The smallest absolute Gasteiger partial charge is 0.161 e. The van der Waals surface area contributed by atoms with Gasteiger partial charge in [0, 0.05) is 16.7 Å². The lowest BCUT2D eigenvalue weighted by Crippen LogP contribution is -2.50. The van der Waals surface area contributed by atoms with E-state index in [0.29, 0.717) is 0 Å². The van der Waals surface area contributed by atoms with Gasteiger partial charge in [0.05, 0.1) is 11.4 Å². The van der Waals surface area contributed by atoms with Crippen molar-refractivity contribution in [1.29, 1.82) is 0 Å². The van der Waals surface area contributed by atoms with E-state index in [-0.39, 0.29) is 0 Å². The van der Waals surface area contributed by atoms with Crippen LogP contribution in [0.4, 0.5) is 0 Å². The quantitative estimate of drug-likeness (QED) is 0.145. The molecule has 1 aliphatic heterocycles. The topological polar surface area (TPSA) is 25.8 Å². The van der Waals surface area contributed by atoms with Crippen LogP contribution in [0.3, 0.4) is 0 Å². The largest absolute Gasteiger partial charge is 0.228 e. The van der Waals surface area contributed by atoms with Crippen LogP contribution in [0.5, 0.6) is 0 Å². The highest BCUT2D eigenvalue weighted by Gasteiger charge is 2.39. The first-order valence-electron chi connectivity index (χ1n) is 16.3. The number of hydrogen-bond donors (Lipinski definition) is 0. The number of fused-ring (bicyclic) bond motifs is 5. The molecule has 0 saturated carbocycles. The van der Waals surface area contributed by atoms with E-state index in [1.165, 1.54) is 43.4 Å². The molecule has 0 unspecified atom stereocenters. The summed E-state index contributed by atoms with van der Waals surface area (Å²) < 4.78 is 0. The van der Waals surface area contributed by atoms with Crippen molar-refractivity contribution in [2.75, 3.05) is 0 Å². The van der Waals surface area contributed by atoms with E-state index in [4.69, 9.17) is 9.97 Å². The molecule has 0 spiro atoms. The van der Waals surface area contributed by atoms with Crippen molar-refractivity contribution in [3.05, 3.63) is 158 Å². The average Bonchev–Trinajstić information content (AvgIpc) is 3.37. The molecular weight excluding hydrogens is 585 g/mol. The van der Waals surface area contributed by atoms with E-state index in [2.05, 4.69) is 159 Å². The van der Waals surface area contributed by atoms with Crippen LogP contribution in [0.1, 0.15) is 0 Å². The summed E-state index contributed by atoms with van der Waals surface area (Å²) in [5.74, 6) is 0.740. The molecule has 0 atom stereocenters. The van der Waals surface area contributed by atoms with E-state index in [0.717, 1.165) is 44.7 Å². The molecule has 7 aromatic carbocycles. The second kappa shape index (κ2) is 10.7. The van der Waals surface area contributed by atoms with Gasteiger partial charge in [0.25, 0.3) is 0 Å². The van der Waals surface area contributed by atoms with Gasteiger partial charge in [-0.05, 0) is 60.2 Å². The van der Waals surface area contributed by atoms with Crippen molar-refractivity contribution >= 4 is 40.0 Å². The van der Waals surface area contributed by atoms with Gasteiger partial charge in [0.15, 0.2) is 5.82 Å². The second-order valence-corrected chi connectivity index (χ2v) is 17.2. The fourth-order valence-corrected chi connectivity index (χ4v) is 11.2. The van der Waals surface area contributed by atoms with Gasteiger partial charge in [-0.3, -0.25) is 0 Å². The number of aromatic nitrogens is 2. The maximum Gasteiger partial charge on any atom is 0.161 e. The summed E-state index contributed by atoms with van der Waals surface area (Å²) in [5.41, 5.74) is 10.5. The third-order valence-electron chi connectivity index (χ3n) is 9.87. The normalized spacial score (nSPS) is 13.1. The highest BCUT2D eigenvalue weighted by molar-refractivity contribution is 7.04. The standard InChI is InChI=1S/C44H32N2Si/c1-47(2)40-27-14-13-20-31(40)36-25-15-26-37(43(36)47)41-32-21-9-11-23-34(32)42(35-24-12-10-22-33(35)41)44-45-38(29-16-5-3-6-17-29)28-39(46-44)30-18-7-4-8-19-30/h3-28H,1-2H3. The summed E-state index contributed by atoms with van der Waals surface area (Å²) in [6.07, 6.45) is 0. The van der Waals surface area contributed by atoms with E-state index >= 15 is 0 Å². The Labute approximate surface area is 276 Å². The van der Waals surface area contributed by atoms with Crippen LogP contribution >= 0.6 is 0 Å². The van der Waals surface area contributed by atoms with Crippen molar-refractivity contribution in [1.82, 2.24) is 9.97 Å². The van der Waals surface area contributed by atoms with Gasteiger partial charge < -0.3 is 0 Å². The lowest BCUT2D eigenvalue weighted by atomic mass is 9.87. The molecule has 3 heteroatoms. The zero-order valence-corrected chi connectivity index (χ0v) is 27.4. The van der Waals surface area contributed by atoms with Gasteiger partial charge in [-0.15, -0.1) is 0 Å². The Kier molecular flexibility index (Phi) is 6.31. The lowest BCUT2D eigenvalue weighted by molar-refractivity contribution is 1.19. The van der Waals surface area contributed by atoms with Gasteiger partial charge in [-0.2, -0.15) is 0 Å². The van der Waals surface area contributed by atoms with Crippen LogP contribution in [-0.4, -0.2) is 18.0 Å². The lowest BCUT2D eigenvalue weighted by Gasteiger charge is -2.24. The zero-order valence-electron chi connectivity index (χ0n) is 26.4. The van der Waals surface area contributed by atoms with E-state index < -0.39 is 8.07 Å². The Morgan fingerprint density at radius 1 is 0.404 bits per heavy atom. The van der Waals surface area contributed by atoms with Crippen LogP contribution in [0.2, 0.25) is 13.1 Å². The van der Waals surface area contributed by atoms with Crippen molar-refractivity contribution in [2.45, 2.75) is 13.1 Å². The first-order chi connectivity index (χ1) is 23.1. The molecule has 9 rings (SSSR count). The Bertz CT molecular complexity index is 2370. The third-order valence-corrected chi connectivity index (χ3v) is 13.4. The molecule has 222 valence electrons. The zero-order chi connectivity index (χ0) is 31.5. The maximum atomic E-state index is 5.31. The van der Waals surface area contributed by atoms with Crippen LogP contribution in [0.15, 0.2) is 158 Å². The number of hydrogen-bond acceptors (Lipinski definition) is 2. The summed E-state index contributed by atoms with van der Waals surface area (Å²) >= 11 is 0. The minimum atomic E-state index is -1.98. The predicted octanol–water partition coefficient (Wildman–Crippen LogP) is 10.3. The first-order valence-corrected chi connectivity index (χ1v) is 19.3. The van der Waals surface area contributed by atoms with Gasteiger partial charge >= 0.3 is 0 Å². The number of benzene rings is 7. The second-order valence-electron chi connectivity index (χ2n) is 12.9. The van der Waals surface area contributed by atoms with E-state index in [1.54, 1.807) is 0 Å². The average molecular weight is 617 g/mol. The molecule has 0 fully saturated rings. The third kappa shape index (κ3) is 4.31. The minimum Gasteiger partial charge on any atom is -0.228 e. The van der Waals surface area contributed by atoms with Gasteiger partial charge in [0.2, 0.25) is 0 Å². The molecule has 47 heavy (non-hydrogen) atoms. The Morgan fingerprint density at radius 2 is 0.851 bits per heavy atom. The van der Waals surface area contributed by atoms with Crippen molar-refractivity contribution in [2.24, 2.45) is 0 Å². The van der Waals surface area contributed by atoms with Gasteiger partial charge in [-0.1, -0.05) is 165 Å². The highest BCUT2D eigenvalue weighted by Crippen LogP contribution is 2.45. The first kappa shape index (κ1) is 27.6. The summed E-state index contributed by atoms with van der Waals surface area (Å²) in [4.78, 5) is 10.6. The minimum absolute atomic E-state index is 0.740. The monoisotopic (exact) mass is 616 g/mol. The van der Waals surface area contributed by atoms with Crippen LogP contribution in [0, 0.1) is 0 Å². The number of rotatable bonds is 4. The molecule has 2 nitrogen and oxygen atoms in total. The van der Waals surface area contributed by atoms with Crippen molar-refractivity contribution < 1.29 is 0 Å². The molecule has 0 radical (unpaired) electrons. The van der Waals surface area contributed by atoms with Gasteiger partial charge in [0.1, 0.15) is 8.07 Å². The molecule has 0 saturated heterocycles. The van der Waals surface area contributed by atoms with Crippen LogP contribution < -0.4 is 10.4 Å². The molecular formula is C44H32N2Si. The summed E-state index contributed by atoms with van der Waals surface area (Å²) in [7, 11) is -1.98. The molecule has 0 amide bonds. The van der Waals surface area contributed by atoms with E-state index in [1.807, 2.05) is 12.1 Å². The maximum absolute atomic E-state index is 5.31. The Balaban J connectivity index is 1.38. The fourth-order valence-electron chi connectivity index (χ4n) is 7.79. The molecule has 0 aliphatic carbocycles. The number of nitrogens with zero attached hydrogens (tertiary/aromatic N) is 2. The van der Waals surface area contributed by atoms with Crippen LogP contribution in [-0.2, 0) is 0 Å². The summed E-state index contributed by atoms with van der Waals surface area (Å²) in [6, 6.07) is 56.7. The molecule has 0 bridgehead atoms. The SMILES string of the molecule is C[Si]1(C)c2ccccc2-c2cccc(-c3c4ccccc4c(-c4nc(-c5ccccc5)cc(-c5ccccc5)n4)c4ccccc34)c21. The van der Waals surface area contributed by atoms with E-state index in [9.17, 15) is 0 Å². The highest BCUT2D eigenvalue weighted by atomic mass is 28.3. The van der Waals surface area contributed by atoms with Gasteiger partial charge in [-0.25, -0.2) is 9.97 Å². The molecule has 0 N–H and O–H groups in total. The summed E-state index contributed by atoms with van der Waals surface area (Å²) in [6.45, 7) is 5.02. The summed E-state index contributed by atoms with van der Waals surface area (Å²) in [5, 5.41) is 7.83. The Hall–Kier alpha value is -5.64. The predicted molar refractivity (Wildman–Crippen MR) is 201 cm³/mol. The van der Waals surface area contributed by atoms with Crippen molar-refractivity contribution in [3.8, 4) is 56.2 Å². The molecule has 8 aromatic rings. The van der Waals surface area contributed by atoms with Crippen molar-refractivity contribution in [3.63, 3.8) is 0 Å².